The number of aliphatic hydroxyl groups is 1. The van der Waals surface area contributed by atoms with Gasteiger partial charge in [0.25, 0.3) is 6.43 Å². The summed E-state index contributed by atoms with van der Waals surface area (Å²) in [6.45, 7) is -1.02. The lowest BCUT2D eigenvalue weighted by Gasteiger charge is -2.12. The van der Waals surface area contributed by atoms with Crippen LogP contribution in [-0.2, 0) is 12.8 Å². The largest absolute Gasteiger partial charge is 0.433 e. The molecule has 17 heavy (non-hydrogen) atoms. The zero-order valence-electron chi connectivity index (χ0n) is 8.09. The fourth-order valence-corrected chi connectivity index (χ4v) is 1.18. The highest BCUT2D eigenvalue weighted by Gasteiger charge is 2.35. The third-order valence-electron chi connectivity index (χ3n) is 1.91. The van der Waals surface area contributed by atoms with Crippen molar-refractivity contribution in [1.82, 2.24) is 4.98 Å². The zero-order valence-corrected chi connectivity index (χ0v) is 8.09. The maximum absolute atomic E-state index is 12.5. The monoisotopic (exact) mass is 252 g/mol. The first-order chi connectivity index (χ1) is 7.81. The highest BCUT2D eigenvalue weighted by molar-refractivity contribution is 5.43. The molecule has 0 amide bonds. The Bertz CT molecular complexity index is 464. The molecule has 1 aromatic heterocycles. The van der Waals surface area contributed by atoms with Crippen molar-refractivity contribution in [2.45, 2.75) is 19.2 Å². The van der Waals surface area contributed by atoms with E-state index in [0.717, 1.165) is 0 Å². The molecule has 0 bridgehead atoms. The molecule has 8 heteroatoms. The second-order valence-corrected chi connectivity index (χ2v) is 2.99. The molecule has 0 radical (unpaired) electrons. The Kier molecular flexibility index (Phi) is 3.63. The van der Waals surface area contributed by atoms with E-state index in [1.54, 1.807) is 0 Å². The summed E-state index contributed by atoms with van der Waals surface area (Å²) < 4.78 is 61.9. The number of pyridine rings is 1. The molecule has 0 saturated heterocycles. The molecule has 92 valence electrons. The van der Waals surface area contributed by atoms with Gasteiger partial charge in [-0.15, -0.1) is 0 Å². The van der Waals surface area contributed by atoms with Crippen LogP contribution in [0.25, 0.3) is 0 Å². The molecule has 0 atom stereocenters. The minimum atomic E-state index is -4.92. The average molecular weight is 252 g/mol. The van der Waals surface area contributed by atoms with Gasteiger partial charge in [0.05, 0.1) is 17.9 Å². The van der Waals surface area contributed by atoms with Gasteiger partial charge in [0, 0.05) is 5.56 Å². The molecule has 1 N–H and O–H groups in total. The van der Waals surface area contributed by atoms with Crippen molar-refractivity contribution in [2.24, 2.45) is 0 Å². The molecule has 1 rings (SSSR count). The predicted molar refractivity (Wildman–Crippen MR) is 44.8 cm³/mol. The van der Waals surface area contributed by atoms with Crippen LogP contribution in [-0.4, -0.2) is 10.1 Å². The maximum Gasteiger partial charge on any atom is 0.433 e. The molecule has 1 heterocycles. The van der Waals surface area contributed by atoms with E-state index in [4.69, 9.17) is 10.4 Å². The highest BCUT2D eigenvalue weighted by Crippen LogP contribution is 2.33. The van der Waals surface area contributed by atoms with E-state index in [2.05, 4.69) is 4.98 Å². The second-order valence-electron chi connectivity index (χ2n) is 2.99. The summed E-state index contributed by atoms with van der Waals surface area (Å²) in [6.07, 6.45) is -8.17. The summed E-state index contributed by atoms with van der Waals surface area (Å²) in [4.78, 5) is 2.95. The van der Waals surface area contributed by atoms with Crippen molar-refractivity contribution in [3.63, 3.8) is 0 Å². The predicted octanol–water partition coefficient (Wildman–Crippen LogP) is 2.40. The van der Waals surface area contributed by atoms with Crippen molar-refractivity contribution in [3.8, 4) is 6.07 Å². The van der Waals surface area contributed by atoms with E-state index in [-0.39, 0.29) is 6.07 Å². The van der Waals surface area contributed by atoms with Gasteiger partial charge in [-0.3, -0.25) is 0 Å². The number of hydrogen-bond donors (Lipinski definition) is 1. The number of aromatic nitrogens is 1. The standard InChI is InChI=1S/C9H5F5N2O/c10-8(11)4-1-7(9(12,13)14)16-6(3-17)5(4)2-15/h1,8,17H,3H2. The summed E-state index contributed by atoms with van der Waals surface area (Å²) >= 11 is 0. The summed E-state index contributed by atoms with van der Waals surface area (Å²) in [6, 6.07) is 1.42. The van der Waals surface area contributed by atoms with Crippen molar-refractivity contribution in [2.75, 3.05) is 0 Å². The number of halogens is 5. The number of hydrogen-bond acceptors (Lipinski definition) is 3. The van der Waals surface area contributed by atoms with Crippen LogP contribution in [0.4, 0.5) is 22.0 Å². The Labute approximate surface area is 92.1 Å². The Morgan fingerprint density at radius 2 is 2.00 bits per heavy atom. The van der Waals surface area contributed by atoms with Gasteiger partial charge in [-0.05, 0) is 6.07 Å². The van der Waals surface area contributed by atoms with Crippen LogP contribution in [0, 0.1) is 11.3 Å². The van der Waals surface area contributed by atoms with E-state index in [1.165, 1.54) is 6.07 Å². The molecule has 0 unspecified atom stereocenters. The number of alkyl halides is 5. The molecule has 0 aromatic carbocycles. The van der Waals surface area contributed by atoms with Crippen molar-refractivity contribution >= 4 is 0 Å². The summed E-state index contributed by atoms with van der Waals surface area (Å²) in [7, 11) is 0. The first-order valence-corrected chi connectivity index (χ1v) is 4.21. The first-order valence-electron chi connectivity index (χ1n) is 4.21. The third-order valence-corrected chi connectivity index (χ3v) is 1.91. The van der Waals surface area contributed by atoms with Gasteiger partial charge in [0.15, 0.2) is 0 Å². The van der Waals surface area contributed by atoms with Gasteiger partial charge in [-0.1, -0.05) is 0 Å². The Hall–Kier alpha value is -1.75. The molecular formula is C9H5F5N2O. The minimum absolute atomic E-state index is 0.113. The van der Waals surface area contributed by atoms with E-state index in [9.17, 15) is 22.0 Å². The highest BCUT2D eigenvalue weighted by atomic mass is 19.4. The summed E-state index contributed by atoms with van der Waals surface area (Å²) in [5, 5.41) is 17.3. The lowest BCUT2D eigenvalue weighted by atomic mass is 10.1. The molecule has 0 aliphatic rings. The molecule has 0 fully saturated rings. The van der Waals surface area contributed by atoms with Crippen molar-refractivity contribution < 1.29 is 27.1 Å². The summed E-state index contributed by atoms with van der Waals surface area (Å²) in [5.41, 5.74) is -4.08. The Morgan fingerprint density at radius 3 is 2.35 bits per heavy atom. The van der Waals surface area contributed by atoms with Crippen molar-refractivity contribution in [1.29, 1.82) is 5.26 Å². The lowest BCUT2D eigenvalue weighted by Crippen LogP contribution is -2.13. The zero-order chi connectivity index (χ0) is 13.2. The van der Waals surface area contributed by atoms with E-state index in [0.29, 0.717) is 0 Å². The molecule has 0 saturated carbocycles. The average Bonchev–Trinajstić information content (AvgIpc) is 2.25. The van der Waals surface area contributed by atoms with Gasteiger partial charge in [-0.25, -0.2) is 13.8 Å². The summed E-state index contributed by atoms with van der Waals surface area (Å²) in [5.74, 6) is 0. The first kappa shape index (κ1) is 13.3. The van der Waals surface area contributed by atoms with E-state index < -0.39 is 41.7 Å². The van der Waals surface area contributed by atoms with Crippen LogP contribution < -0.4 is 0 Å². The normalized spacial score (nSPS) is 11.6. The second kappa shape index (κ2) is 4.63. The van der Waals surface area contributed by atoms with Crippen LogP contribution in [0.5, 0.6) is 0 Å². The smallest absolute Gasteiger partial charge is 0.390 e. The number of nitrogens with zero attached hydrogens (tertiary/aromatic N) is 2. The number of nitriles is 1. The van der Waals surface area contributed by atoms with Crippen LogP contribution in [0.3, 0.4) is 0 Å². The van der Waals surface area contributed by atoms with E-state index in [1.807, 2.05) is 0 Å². The van der Waals surface area contributed by atoms with Crippen LogP contribution in [0.15, 0.2) is 6.07 Å². The van der Waals surface area contributed by atoms with Gasteiger partial charge in [0.2, 0.25) is 0 Å². The van der Waals surface area contributed by atoms with Gasteiger partial charge in [0.1, 0.15) is 11.8 Å². The fraction of sp³-hybridized carbons (Fsp3) is 0.333. The quantitative estimate of drug-likeness (QED) is 0.822. The number of rotatable bonds is 2. The number of aliphatic hydroxyl groups excluding tert-OH is 1. The topological polar surface area (TPSA) is 56.9 Å². The minimum Gasteiger partial charge on any atom is -0.390 e. The van der Waals surface area contributed by atoms with Crippen molar-refractivity contribution in [3.05, 3.63) is 28.6 Å². The van der Waals surface area contributed by atoms with E-state index >= 15 is 0 Å². The Morgan fingerprint density at radius 1 is 1.41 bits per heavy atom. The maximum atomic E-state index is 12.5. The molecule has 0 aliphatic heterocycles. The van der Waals surface area contributed by atoms with Gasteiger partial charge < -0.3 is 5.11 Å². The molecule has 3 nitrogen and oxygen atoms in total. The van der Waals surface area contributed by atoms with Gasteiger partial charge in [-0.2, -0.15) is 18.4 Å². The van der Waals surface area contributed by atoms with Crippen LogP contribution in [0.2, 0.25) is 0 Å². The molecule has 0 aliphatic carbocycles. The fourth-order valence-electron chi connectivity index (χ4n) is 1.18. The SMILES string of the molecule is N#Cc1c(C(F)F)cc(C(F)(F)F)nc1CO. The Balaban J connectivity index is 3.53. The van der Waals surface area contributed by atoms with Gasteiger partial charge >= 0.3 is 6.18 Å². The lowest BCUT2D eigenvalue weighted by molar-refractivity contribution is -0.141. The molecule has 1 aromatic rings. The molecule has 0 spiro atoms. The third kappa shape index (κ3) is 2.68. The molecular weight excluding hydrogens is 247 g/mol. The van der Waals surface area contributed by atoms with Crippen LogP contribution >= 0.6 is 0 Å². The van der Waals surface area contributed by atoms with Crippen LogP contribution in [0.1, 0.15) is 28.9 Å².